The monoisotopic (exact) mass is 374 g/mol. The van der Waals surface area contributed by atoms with Gasteiger partial charge in [-0.25, -0.2) is 4.68 Å². The van der Waals surface area contributed by atoms with Crippen molar-refractivity contribution in [2.24, 2.45) is 0 Å². The van der Waals surface area contributed by atoms with Crippen LogP contribution in [-0.4, -0.2) is 20.8 Å². The largest absolute Gasteiger partial charge is 0.382 e. The lowest BCUT2D eigenvalue weighted by Gasteiger charge is -2.30. The number of hydrogen-bond acceptors (Lipinski definition) is 4. The highest BCUT2D eigenvalue weighted by Gasteiger charge is 2.25. The second kappa shape index (κ2) is 7.04. The Balaban J connectivity index is 1.32. The number of aromatic nitrogens is 3. The van der Waals surface area contributed by atoms with Crippen molar-refractivity contribution in [2.45, 2.75) is 64.0 Å². The quantitative estimate of drug-likeness (QED) is 0.747. The van der Waals surface area contributed by atoms with Crippen molar-refractivity contribution >= 4 is 16.6 Å². The molecule has 2 heterocycles. The van der Waals surface area contributed by atoms with Crippen LogP contribution in [0.4, 0.5) is 5.69 Å². The molecule has 0 spiro atoms. The zero-order chi connectivity index (χ0) is 19.1. The van der Waals surface area contributed by atoms with E-state index < -0.39 is 0 Å². The van der Waals surface area contributed by atoms with E-state index in [-0.39, 0.29) is 11.6 Å². The van der Waals surface area contributed by atoms with Crippen LogP contribution in [-0.2, 0) is 12.8 Å². The molecule has 144 valence electrons. The Kier molecular flexibility index (Phi) is 4.38. The standard InChI is InChI=1S/C23H26N4O/c1-15-13-22(19-6-2-3-7-21(19)24-15)25-17-9-11-18(12-10-17)27-23(28)14-16-5-4-8-20(16)26-27/h2-3,6-7,13-14,17-18H,4-5,8-12H2,1H3,(H,24,25). The Morgan fingerprint density at radius 3 is 2.75 bits per heavy atom. The van der Waals surface area contributed by atoms with Gasteiger partial charge in [-0.2, -0.15) is 5.10 Å². The van der Waals surface area contributed by atoms with Crippen LogP contribution >= 0.6 is 0 Å². The van der Waals surface area contributed by atoms with Gasteiger partial charge in [0.25, 0.3) is 5.56 Å². The maximum Gasteiger partial charge on any atom is 0.267 e. The van der Waals surface area contributed by atoms with Crippen LogP contribution in [0.15, 0.2) is 41.2 Å². The van der Waals surface area contributed by atoms with Gasteiger partial charge in [-0.05, 0) is 69.6 Å². The van der Waals surface area contributed by atoms with Crippen molar-refractivity contribution in [2.75, 3.05) is 5.32 Å². The van der Waals surface area contributed by atoms with Gasteiger partial charge in [0.2, 0.25) is 0 Å². The fraction of sp³-hybridized carbons (Fsp3) is 0.435. The number of fused-ring (bicyclic) bond motifs is 2. The van der Waals surface area contributed by atoms with E-state index >= 15 is 0 Å². The Hall–Kier alpha value is -2.69. The van der Waals surface area contributed by atoms with Gasteiger partial charge in [0.05, 0.1) is 17.3 Å². The molecule has 28 heavy (non-hydrogen) atoms. The van der Waals surface area contributed by atoms with Crippen LogP contribution in [0.3, 0.4) is 0 Å². The Labute approximate surface area is 164 Å². The molecule has 2 aromatic heterocycles. The molecule has 0 unspecified atom stereocenters. The van der Waals surface area contributed by atoms with Gasteiger partial charge in [-0.3, -0.25) is 9.78 Å². The molecule has 1 fully saturated rings. The van der Waals surface area contributed by atoms with E-state index in [4.69, 9.17) is 5.10 Å². The van der Waals surface area contributed by atoms with E-state index in [0.717, 1.165) is 67.4 Å². The molecule has 0 atom stereocenters. The summed E-state index contributed by atoms with van der Waals surface area (Å²) in [7, 11) is 0. The summed E-state index contributed by atoms with van der Waals surface area (Å²) in [6.45, 7) is 2.04. The lowest BCUT2D eigenvalue weighted by Crippen LogP contribution is -2.33. The molecule has 1 saturated carbocycles. The third kappa shape index (κ3) is 3.19. The summed E-state index contributed by atoms with van der Waals surface area (Å²) in [5.41, 5.74) is 5.61. The van der Waals surface area contributed by atoms with Gasteiger partial charge in [0, 0.05) is 28.9 Å². The summed E-state index contributed by atoms with van der Waals surface area (Å²) in [5, 5.41) is 9.63. The SMILES string of the molecule is Cc1cc(NC2CCC(n3nc4c(cc3=O)CCC4)CC2)c2ccccc2n1. The zero-order valence-corrected chi connectivity index (χ0v) is 16.3. The summed E-state index contributed by atoms with van der Waals surface area (Å²) in [6.07, 6.45) is 7.23. The molecular weight excluding hydrogens is 348 g/mol. The first-order valence-corrected chi connectivity index (χ1v) is 10.4. The normalized spacial score (nSPS) is 21.6. The van der Waals surface area contributed by atoms with Crippen LogP contribution in [0.1, 0.15) is 55.1 Å². The maximum absolute atomic E-state index is 12.5. The fourth-order valence-electron chi connectivity index (χ4n) is 4.79. The molecule has 5 rings (SSSR count). The molecule has 0 amide bonds. The van der Waals surface area contributed by atoms with Crippen molar-refractivity contribution < 1.29 is 0 Å². The summed E-state index contributed by atoms with van der Waals surface area (Å²) in [6, 6.07) is 12.9. The van der Waals surface area contributed by atoms with Gasteiger partial charge in [-0.1, -0.05) is 18.2 Å². The number of rotatable bonds is 3. The zero-order valence-electron chi connectivity index (χ0n) is 16.3. The van der Waals surface area contributed by atoms with Gasteiger partial charge in [0.1, 0.15) is 0 Å². The number of nitrogens with one attached hydrogen (secondary N) is 1. The highest BCUT2D eigenvalue weighted by Crippen LogP contribution is 2.31. The van der Waals surface area contributed by atoms with Crippen LogP contribution < -0.4 is 10.9 Å². The number of pyridine rings is 1. The van der Waals surface area contributed by atoms with Crippen LogP contribution in [0.5, 0.6) is 0 Å². The highest BCUT2D eigenvalue weighted by molar-refractivity contribution is 5.91. The Bertz CT molecular complexity index is 1080. The molecular formula is C23H26N4O. The average Bonchev–Trinajstić information content (AvgIpc) is 3.15. The molecule has 1 N–H and O–H groups in total. The van der Waals surface area contributed by atoms with Crippen LogP contribution in [0.2, 0.25) is 0 Å². The second-order valence-corrected chi connectivity index (χ2v) is 8.23. The van der Waals surface area contributed by atoms with Crippen molar-refractivity contribution in [3.8, 4) is 0 Å². The number of hydrogen-bond donors (Lipinski definition) is 1. The van der Waals surface area contributed by atoms with E-state index in [9.17, 15) is 4.79 Å². The van der Waals surface area contributed by atoms with Gasteiger partial charge < -0.3 is 5.32 Å². The number of benzene rings is 1. The molecule has 5 heteroatoms. The lowest BCUT2D eigenvalue weighted by molar-refractivity contribution is 0.302. The average molecular weight is 374 g/mol. The molecule has 0 bridgehead atoms. The summed E-state index contributed by atoms with van der Waals surface area (Å²) < 4.78 is 1.77. The summed E-state index contributed by atoms with van der Waals surface area (Å²) in [5.74, 6) is 0. The Morgan fingerprint density at radius 1 is 1.07 bits per heavy atom. The van der Waals surface area contributed by atoms with E-state index in [1.54, 1.807) is 4.68 Å². The molecule has 0 saturated heterocycles. The van der Waals surface area contributed by atoms with Gasteiger partial charge in [0.15, 0.2) is 0 Å². The smallest absolute Gasteiger partial charge is 0.267 e. The fourth-order valence-corrected chi connectivity index (χ4v) is 4.79. The minimum absolute atomic E-state index is 0.0767. The van der Waals surface area contributed by atoms with E-state index in [1.807, 2.05) is 19.1 Å². The number of anilines is 1. The molecule has 5 nitrogen and oxygen atoms in total. The topological polar surface area (TPSA) is 59.8 Å². The summed E-state index contributed by atoms with van der Waals surface area (Å²) >= 11 is 0. The van der Waals surface area contributed by atoms with Crippen LogP contribution in [0, 0.1) is 6.92 Å². The van der Waals surface area contributed by atoms with E-state index in [2.05, 4.69) is 34.6 Å². The molecule has 3 aromatic rings. The minimum Gasteiger partial charge on any atom is -0.382 e. The number of nitrogens with zero attached hydrogens (tertiary/aromatic N) is 3. The first-order valence-electron chi connectivity index (χ1n) is 10.4. The molecule has 0 radical (unpaired) electrons. The highest BCUT2D eigenvalue weighted by atomic mass is 16.1. The van der Waals surface area contributed by atoms with Gasteiger partial charge in [-0.15, -0.1) is 0 Å². The molecule has 2 aliphatic rings. The van der Waals surface area contributed by atoms with E-state index in [0.29, 0.717) is 6.04 Å². The molecule has 0 aliphatic heterocycles. The maximum atomic E-state index is 12.5. The third-order valence-electron chi connectivity index (χ3n) is 6.23. The second-order valence-electron chi connectivity index (χ2n) is 8.23. The van der Waals surface area contributed by atoms with Crippen molar-refractivity contribution in [3.05, 3.63) is 63.7 Å². The van der Waals surface area contributed by atoms with Crippen LogP contribution in [0.25, 0.3) is 10.9 Å². The van der Waals surface area contributed by atoms with E-state index in [1.165, 1.54) is 11.1 Å². The summed E-state index contributed by atoms with van der Waals surface area (Å²) in [4.78, 5) is 17.1. The Morgan fingerprint density at radius 2 is 1.89 bits per heavy atom. The molecule has 1 aromatic carbocycles. The first-order chi connectivity index (χ1) is 13.7. The van der Waals surface area contributed by atoms with Crippen molar-refractivity contribution in [1.82, 2.24) is 14.8 Å². The minimum atomic E-state index is 0.0767. The first kappa shape index (κ1) is 17.4. The van der Waals surface area contributed by atoms with Crippen molar-refractivity contribution in [3.63, 3.8) is 0 Å². The third-order valence-corrected chi connectivity index (χ3v) is 6.23. The van der Waals surface area contributed by atoms with Crippen molar-refractivity contribution in [1.29, 1.82) is 0 Å². The number of para-hydroxylation sites is 1. The number of aryl methyl sites for hydroxylation is 3. The molecule has 2 aliphatic carbocycles. The lowest BCUT2D eigenvalue weighted by atomic mass is 9.91. The predicted molar refractivity (Wildman–Crippen MR) is 112 cm³/mol. The predicted octanol–water partition coefficient (Wildman–Crippen LogP) is 4.18. The van der Waals surface area contributed by atoms with Gasteiger partial charge >= 0.3 is 0 Å².